The molecule has 4 heterocycles. The summed E-state index contributed by atoms with van der Waals surface area (Å²) in [5.74, 6) is 0. The molecular weight excluding hydrogens is 354 g/mol. The lowest BCUT2D eigenvalue weighted by molar-refractivity contribution is 1.02. The van der Waals surface area contributed by atoms with Crippen molar-refractivity contribution in [2.24, 2.45) is 7.05 Å². The van der Waals surface area contributed by atoms with Gasteiger partial charge in [0, 0.05) is 51.2 Å². The predicted molar refractivity (Wildman–Crippen MR) is 122 cm³/mol. The van der Waals surface area contributed by atoms with E-state index in [1.807, 2.05) is 12.3 Å². The van der Waals surface area contributed by atoms with E-state index in [2.05, 4.69) is 88.8 Å². The lowest BCUT2D eigenvalue weighted by Crippen LogP contribution is -1.93. The van der Waals surface area contributed by atoms with E-state index >= 15 is 0 Å². The van der Waals surface area contributed by atoms with Crippen LogP contribution < -0.4 is 0 Å². The van der Waals surface area contributed by atoms with Gasteiger partial charge in [0.15, 0.2) is 0 Å². The highest BCUT2D eigenvalue weighted by molar-refractivity contribution is 6.20. The maximum atomic E-state index is 4.77. The molecule has 29 heavy (non-hydrogen) atoms. The van der Waals surface area contributed by atoms with Crippen LogP contribution >= 0.6 is 0 Å². The zero-order valence-corrected chi connectivity index (χ0v) is 15.9. The molecule has 0 saturated heterocycles. The van der Waals surface area contributed by atoms with Crippen molar-refractivity contribution < 1.29 is 0 Å². The Balaban J connectivity index is 1.86. The average molecular weight is 371 g/mol. The Kier molecular flexibility index (Phi) is 2.68. The van der Waals surface area contributed by atoms with Gasteiger partial charge in [-0.15, -0.1) is 0 Å². The van der Waals surface area contributed by atoms with Crippen molar-refractivity contribution in [3.63, 3.8) is 0 Å². The van der Waals surface area contributed by atoms with Gasteiger partial charge in [0.1, 0.15) is 0 Å². The topological polar surface area (TPSA) is 22.2 Å². The highest BCUT2D eigenvalue weighted by Gasteiger charge is 2.16. The zero-order chi connectivity index (χ0) is 19.1. The van der Waals surface area contributed by atoms with Crippen LogP contribution in [0, 0.1) is 0 Å². The summed E-state index contributed by atoms with van der Waals surface area (Å²) in [5, 5.41) is 6.26. The Morgan fingerprint density at radius 2 is 1.31 bits per heavy atom. The lowest BCUT2D eigenvalue weighted by Gasteiger charge is -2.10. The van der Waals surface area contributed by atoms with Crippen molar-refractivity contribution in [3.8, 4) is 0 Å². The number of hydrogen-bond acceptors (Lipinski definition) is 1. The smallest absolute Gasteiger partial charge is 0.0949 e. The first-order valence-corrected chi connectivity index (χ1v) is 9.89. The van der Waals surface area contributed by atoms with Crippen LogP contribution in [0.5, 0.6) is 0 Å². The van der Waals surface area contributed by atoms with E-state index in [9.17, 15) is 0 Å². The summed E-state index contributed by atoms with van der Waals surface area (Å²) in [6.07, 6.45) is 1.89. The molecule has 0 atom stereocenters. The standard InChI is InChI=1S/C26H17N3/c1-28-22-11-5-3-8-17(22)19-15-24-20(14-23(19)28)18-9-6-12-27-26(18)25-13-16-7-2-4-10-21(16)29(24)25/h2-15H,1H3. The molecule has 0 saturated carbocycles. The molecule has 0 fully saturated rings. The number of aromatic nitrogens is 3. The summed E-state index contributed by atoms with van der Waals surface area (Å²) in [6, 6.07) is 28.4. The predicted octanol–water partition coefficient (Wildman–Crippen LogP) is 6.44. The molecule has 3 heteroatoms. The number of benzene rings is 3. The van der Waals surface area contributed by atoms with Crippen LogP contribution in [0.25, 0.3) is 60.0 Å². The summed E-state index contributed by atoms with van der Waals surface area (Å²) in [4.78, 5) is 4.77. The van der Waals surface area contributed by atoms with E-state index in [0.717, 1.165) is 11.0 Å². The molecule has 4 aromatic heterocycles. The van der Waals surface area contributed by atoms with Crippen LogP contribution in [0.4, 0.5) is 0 Å². The normalized spacial score (nSPS) is 12.3. The molecule has 3 nitrogen and oxygen atoms in total. The van der Waals surface area contributed by atoms with Gasteiger partial charge in [-0.05, 0) is 36.4 Å². The molecule has 0 radical (unpaired) electrons. The monoisotopic (exact) mass is 371 g/mol. The van der Waals surface area contributed by atoms with Crippen LogP contribution in [0.3, 0.4) is 0 Å². The molecule has 0 unspecified atom stereocenters. The summed E-state index contributed by atoms with van der Waals surface area (Å²) in [7, 11) is 2.15. The fraction of sp³-hybridized carbons (Fsp3) is 0.0385. The number of pyridine rings is 2. The maximum Gasteiger partial charge on any atom is 0.0949 e. The number of aryl methyl sites for hydroxylation is 1. The van der Waals surface area contributed by atoms with Crippen molar-refractivity contribution in [2.75, 3.05) is 0 Å². The van der Waals surface area contributed by atoms with E-state index in [0.29, 0.717) is 0 Å². The fourth-order valence-electron chi connectivity index (χ4n) is 5.01. The Hall–Kier alpha value is -3.85. The van der Waals surface area contributed by atoms with E-state index < -0.39 is 0 Å². The molecule has 136 valence electrons. The van der Waals surface area contributed by atoms with Crippen LogP contribution in [0.1, 0.15) is 0 Å². The molecule has 7 aromatic rings. The van der Waals surface area contributed by atoms with Gasteiger partial charge in [0.2, 0.25) is 0 Å². The molecule has 0 N–H and O–H groups in total. The number of hydrogen-bond donors (Lipinski definition) is 0. The van der Waals surface area contributed by atoms with Gasteiger partial charge >= 0.3 is 0 Å². The first-order valence-electron chi connectivity index (χ1n) is 9.89. The highest BCUT2D eigenvalue weighted by atomic mass is 14.9. The molecule has 0 spiro atoms. The largest absolute Gasteiger partial charge is 0.344 e. The SMILES string of the molecule is Cn1c2ccccc2c2cc3c(cc21)c1cccnc1c1cc2ccccc2n31. The van der Waals surface area contributed by atoms with E-state index in [-0.39, 0.29) is 0 Å². The van der Waals surface area contributed by atoms with Gasteiger partial charge in [-0.3, -0.25) is 4.98 Å². The Morgan fingerprint density at radius 1 is 0.586 bits per heavy atom. The maximum absolute atomic E-state index is 4.77. The molecule has 0 bridgehead atoms. The number of para-hydroxylation sites is 2. The number of nitrogens with zero attached hydrogens (tertiary/aromatic N) is 3. The summed E-state index contributed by atoms with van der Waals surface area (Å²) >= 11 is 0. The van der Waals surface area contributed by atoms with E-state index in [4.69, 9.17) is 4.98 Å². The molecule has 0 aliphatic heterocycles. The quantitative estimate of drug-likeness (QED) is 0.281. The molecule has 0 amide bonds. The van der Waals surface area contributed by atoms with Crippen molar-refractivity contribution in [3.05, 3.63) is 85.1 Å². The molecule has 7 rings (SSSR count). The zero-order valence-electron chi connectivity index (χ0n) is 15.9. The molecule has 3 aromatic carbocycles. The number of fused-ring (bicyclic) bond motifs is 11. The van der Waals surface area contributed by atoms with Crippen LogP contribution in [0.2, 0.25) is 0 Å². The summed E-state index contributed by atoms with van der Waals surface area (Å²) in [5.41, 5.74) is 7.17. The van der Waals surface area contributed by atoms with E-state index in [1.54, 1.807) is 0 Å². The Morgan fingerprint density at radius 3 is 2.24 bits per heavy atom. The van der Waals surface area contributed by atoms with Crippen LogP contribution in [0.15, 0.2) is 85.1 Å². The minimum absolute atomic E-state index is 1.05. The van der Waals surface area contributed by atoms with E-state index in [1.165, 1.54) is 49.0 Å². The first-order chi connectivity index (χ1) is 14.3. The summed E-state index contributed by atoms with van der Waals surface area (Å²) < 4.78 is 4.67. The highest BCUT2D eigenvalue weighted by Crippen LogP contribution is 2.37. The minimum atomic E-state index is 1.05. The Labute approximate surface area is 166 Å². The minimum Gasteiger partial charge on any atom is -0.344 e. The summed E-state index contributed by atoms with van der Waals surface area (Å²) in [6.45, 7) is 0. The second kappa shape index (κ2) is 5.15. The van der Waals surface area contributed by atoms with Gasteiger partial charge in [0.25, 0.3) is 0 Å². The van der Waals surface area contributed by atoms with Gasteiger partial charge < -0.3 is 8.97 Å². The van der Waals surface area contributed by atoms with Crippen LogP contribution in [-0.4, -0.2) is 14.0 Å². The third-order valence-electron chi connectivity index (χ3n) is 6.32. The number of rotatable bonds is 0. The van der Waals surface area contributed by atoms with Crippen molar-refractivity contribution in [1.82, 2.24) is 14.0 Å². The van der Waals surface area contributed by atoms with Gasteiger partial charge in [-0.1, -0.05) is 42.5 Å². The third-order valence-corrected chi connectivity index (χ3v) is 6.32. The first kappa shape index (κ1) is 15.1. The second-order valence-electron chi connectivity index (χ2n) is 7.79. The molecule has 0 aliphatic rings. The lowest BCUT2D eigenvalue weighted by atomic mass is 10.1. The van der Waals surface area contributed by atoms with Gasteiger partial charge in [0.05, 0.1) is 22.1 Å². The van der Waals surface area contributed by atoms with Gasteiger partial charge in [-0.25, -0.2) is 0 Å². The Bertz CT molecular complexity index is 1770. The van der Waals surface area contributed by atoms with Gasteiger partial charge in [-0.2, -0.15) is 0 Å². The molecule has 0 aliphatic carbocycles. The van der Waals surface area contributed by atoms with Crippen molar-refractivity contribution >= 4 is 60.0 Å². The van der Waals surface area contributed by atoms with Crippen molar-refractivity contribution in [1.29, 1.82) is 0 Å². The van der Waals surface area contributed by atoms with Crippen LogP contribution in [-0.2, 0) is 7.05 Å². The average Bonchev–Trinajstić information content (AvgIpc) is 3.30. The molecular formula is C26H17N3. The van der Waals surface area contributed by atoms with Crippen molar-refractivity contribution in [2.45, 2.75) is 0 Å². The second-order valence-corrected chi connectivity index (χ2v) is 7.79. The fourth-order valence-corrected chi connectivity index (χ4v) is 5.01. The third kappa shape index (κ3) is 1.80.